The van der Waals surface area contributed by atoms with Gasteiger partial charge in [0.05, 0.1) is 10.7 Å². The van der Waals surface area contributed by atoms with Crippen LogP contribution in [0.2, 0.25) is 5.02 Å². The molecule has 0 spiro atoms. The van der Waals surface area contributed by atoms with Gasteiger partial charge < -0.3 is 20.3 Å². The Morgan fingerprint density at radius 2 is 1.72 bits per heavy atom. The van der Waals surface area contributed by atoms with E-state index >= 15 is 0 Å². The maximum Gasteiger partial charge on any atom is 0.426 e. The van der Waals surface area contributed by atoms with E-state index in [9.17, 15) is 27.9 Å². The number of rotatable bonds is 6. The summed E-state index contributed by atoms with van der Waals surface area (Å²) in [5.74, 6) is -1.73. The molecule has 1 atom stereocenters. The van der Waals surface area contributed by atoms with E-state index in [2.05, 4.69) is 15.0 Å². The van der Waals surface area contributed by atoms with E-state index in [4.69, 9.17) is 11.6 Å². The number of aromatic nitrogens is 1. The van der Waals surface area contributed by atoms with Crippen molar-refractivity contribution in [3.8, 4) is 0 Å². The second-order valence-corrected chi connectivity index (χ2v) is 8.19. The van der Waals surface area contributed by atoms with Crippen LogP contribution in [0, 0.1) is 0 Å². The molecule has 0 aliphatic rings. The van der Waals surface area contributed by atoms with Crippen molar-refractivity contribution in [2.24, 2.45) is 0 Å². The van der Waals surface area contributed by atoms with Crippen molar-refractivity contribution in [3.63, 3.8) is 0 Å². The lowest BCUT2D eigenvalue weighted by atomic mass is 10.1. The molecular weight excluding hydrogens is 471 g/mol. The predicted octanol–water partition coefficient (Wildman–Crippen LogP) is 4.98. The lowest BCUT2D eigenvalue weighted by molar-refractivity contribution is -0.242. The largest absolute Gasteiger partial charge is 0.426 e. The Kier molecular flexibility index (Phi) is 6.82. The van der Waals surface area contributed by atoms with Crippen LogP contribution in [-0.4, -0.2) is 33.9 Å². The number of halogens is 4. The van der Waals surface area contributed by atoms with Crippen molar-refractivity contribution in [3.05, 3.63) is 65.4 Å². The molecule has 2 amide bonds. The molecule has 3 rings (SSSR count). The number of hydrogen-bond acceptors (Lipinski definition) is 6. The van der Waals surface area contributed by atoms with Gasteiger partial charge in [-0.3, -0.25) is 9.59 Å². The first-order valence-electron chi connectivity index (χ1n) is 8.87. The Balaban J connectivity index is 1.65. The monoisotopic (exact) mass is 485 g/mol. The van der Waals surface area contributed by atoms with E-state index in [1.165, 1.54) is 36.2 Å². The summed E-state index contributed by atoms with van der Waals surface area (Å²) in [5, 5.41) is 17.6. The van der Waals surface area contributed by atoms with Gasteiger partial charge >= 0.3 is 6.18 Å². The number of aliphatic hydroxyl groups is 1. The smallest absolute Gasteiger partial charge is 0.373 e. The van der Waals surface area contributed by atoms with Crippen molar-refractivity contribution in [1.82, 2.24) is 5.16 Å². The minimum atomic E-state index is -5.14. The van der Waals surface area contributed by atoms with Crippen LogP contribution in [0.5, 0.6) is 0 Å². The van der Waals surface area contributed by atoms with Crippen molar-refractivity contribution >= 4 is 46.7 Å². The van der Waals surface area contributed by atoms with Crippen LogP contribution in [0.3, 0.4) is 0 Å². The molecule has 0 saturated heterocycles. The van der Waals surface area contributed by atoms with E-state index in [0.717, 1.165) is 4.90 Å². The van der Waals surface area contributed by atoms with Gasteiger partial charge in [0.15, 0.2) is 5.82 Å². The third-order valence-corrected chi connectivity index (χ3v) is 5.52. The molecule has 0 bridgehead atoms. The molecule has 12 heteroatoms. The highest BCUT2D eigenvalue weighted by Crippen LogP contribution is 2.35. The molecule has 0 aliphatic carbocycles. The predicted molar refractivity (Wildman–Crippen MR) is 112 cm³/mol. The van der Waals surface area contributed by atoms with Gasteiger partial charge in [0.1, 0.15) is 6.26 Å². The van der Waals surface area contributed by atoms with Crippen LogP contribution in [0.4, 0.5) is 24.7 Å². The highest BCUT2D eigenvalue weighted by Gasteiger charge is 2.55. The van der Waals surface area contributed by atoms with E-state index in [1.807, 2.05) is 5.32 Å². The number of amides is 2. The Labute approximate surface area is 188 Å². The number of anilines is 2. The summed E-state index contributed by atoms with van der Waals surface area (Å²) >= 11 is 7.36. The second-order valence-electron chi connectivity index (χ2n) is 6.63. The summed E-state index contributed by atoms with van der Waals surface area (Å²) in [5.41, 5.74) is -3.25. The molecule has 0 fully saturated rings. The molecule has 0 saturated carbocycles. The summed E-state index contributed by atoms with van der Waals surface area (Å²) in [6.45, 7) is 0.357. The Morgan fingerprint density at radius 1 is 1.06 bits per heavy atom. The average molecular weight is 486 g/mol. The van der Waals surface area contributed by atoms with Crippen LogP contribution in [0.15, 0.2) is 69.1 Å². The SMILES string of the molecule is CC(O)(C(=O)Nc1ccc(Sc2ccc(C(=O)Nc3ccon3)cc2)cc1Cl)C(F)(F)F. The summed E-state index contributed by atoms with van der Waals surface area (Å²) in [6, 6.07) is 12.4. The zero-order valence-electron chi connectivity index (χ0n) is 16.2. The molecular formula is C20H15ClF3N3O4S. The third-order valence-electron chi connectivity index (χ3n) is 4.21. The molecule has 0 aliphatic heterocycles. The van der Waals surface area contributed by atoms with Crippen LogP contribution < -0.4 is 10.6 Å². The number of hydrogen-bond donors (Lipinski definition) is 3. The van der Waals surface area contributed by atoms with Gasteiger partial charge in [0, 0.05) is 21.4 Å². The molecule has 0 radical (unpaired) electrons. The molecule has 3 N–H and O–H groups in total. The van der Waals surface area contributed by atoms with Crippen LogP contribution in [-0.2, 0) is 4.79 Å². The third kappa shape index (κ3) is 5.42. The van der Waals surface area contributed by atoms with Gasteiger partial charge in [-0.25, -0.2) is 0 Å². The fourth-order valence-electron chi connectivity index (χ4n) is 2.31. The quantitative estimate of drug-likeness (QED) is 0.454. The number of benzene rings is 2. The maximum atomic E-state index is 12.8. The van der Waals surface area contributed by atoms with Crippen LogP contribution >= 0.6 is 23.4 Å². The summed E-state index contributed by atoms with van der Waals surface area (Å²) in [6.07, 6.45) is -3.81. The minimum absolute atomic E-state index is 0.00932. The Morgan fingerprint density at radius 3 is 2.28 bits per heavy atom. The zero-order chi connectivity index (χ0) is 23.5. The molecule has 7 nitrogen and oxygen atoms in total. The second kappa shape index (κ2) is 9.23. The number of carbonyl (C=O) groups excluding carboxylic acids is 2. The highest BCUT2D eigenvalue weighted by molar-refractivity contribution is 7.99. The number of nitrogens with one attached hydrogen (secondary N) is 2. The first kappa shape index (κ1) is 23.6. The van der Waals surface area contributed by atoms with Crippen molar-refractivity contribution in [2.75, 3.05) is 10.6 Å². The van der Waals surface area contributed by atoms with Crippen LogP contribution in [0.25, 0.3) is 0 Å². The van der Waals surface area contributed by atoms with E-state index in [0.29, 0.717) is 17.4 Å². The first-order valence-corrected chi connectivity index (χ1v) is 10.1. The standard InChI is InChI=1S/C20H15ClF3N3O4S/c1-19(30,20(22,23)24)18(29)25-15-7-6-13(10-14(15)21)32-12-4-2-11(3-5-12)17(28)26-16-8-9-31-27-16/h2-10,30H,1H3,(H,25,29)(H,26,27,28). The number of alkyl halides is 3. The van der Waals surface area contributed by atoms with E-state index < -0.39 is 17.7 Å². The maximum absolute atomic E-state index is 12.8. The van der Waals surface area contributed by atoms with Crippen molar-refractivity contribution in [2.45, 2.75) is 28.5 Å². The molecule has 168 valence electrons. The molecule has 2 aromatic carbocycles. The van der Waals surface area contributed by atoms with Crippen molar-refractivity contribution in [1.29, 1.82) is 0 Å². The summed E-state index contributed by atoms with van der Waals surface area (Å²) in [4.78, 5) is 25.3. The summed E-state index contributed by atoms with van der Waals surface area (Å²) in [7, 11) is 0. The Hall–Kier alpha value is -3.02. The van der Waals surface area contributed by atoms with Gasteiger partial charge in [-0.1, -0.05) is 28.5 Å². The average Bonchev–Trinajstić information content (AvgIpc) is 3.22. The lowest BCUT2D eigenvalue weighted by Crippen LogP contribution is -2.52. The van der Waals surface area contributed by atoms with E-state index in [-0.39, 0.29) is 22.4 Å². The van der Waals surface area contributed by atoms with Gasteiger partial charge in [-0.05, 0) is 49.4 Å². The Bertz CT molecular complexity index is 1120. The fraction of sp³-hybridized carbons (Fsp3) is 0.150. The minimum Gasteiger partial charge on any atom is -0.373 e. The number of nitrogens with zero attached hydrogens (tertiary/aromatic N) is 1. The highest BCUT2D eigenvalue weighted by atomic mass is 35.5. The number of carbonyl (C=O) groups is 2. The van der Waals surface area contributed by atoms with E-state index in [1.54, 1.807) is 30.3 Å². The first-order chi connectivity index (χ1) is 15.0. The van der Waals surface area contributed by atoms with Gasteiger partial charge in [-0.15, -0.1) is 0 Å². The lowest BCUT2D eigenvalue weighted by Gasteiger charge is -2.25. The topological polar surface area (TPSA) is 104 Å². The molecule has 1 heterocycles. The van der Waals surface area contributed by atoms with Crippen molar-refractivity contribution < 1.29 is 32.4 Å². The van der Waals surface area contributed by atoms with Gasteiger partial charge in [0.2, 0.25) is 5.60 Å². The molecule has 1 unspecified atom stereocenters. The fourth-order valence-corrected chi connectivity index (χ4v) is 3.46. The van der Waals surface area contributed by atoms with Gasteiger partial charge in [-0.2, -0.15) is 13.2 Å². The zero-order valence-corrected chi connectivity index (χ0v) is 17.8. The molecule has 3 aromatic rings. The molecule has 32 heavy (non-hydrogen) atoms. The normalized spacial score (nSPS) is 13.3. The molecule has 1 aromatic heterocycles. The van der Waals surface area contributed by atoms with Gasteiger partial charge in [0.25, 0.3) is 11.8 Å². The summed E-state index contributed by atoms with van der Waals surface area (Å²) < 4.78 is 43.0. The van der Waals surface area contributed by atoms with Crippen LogP contribution in [0.1, 0.15) is 17.3 Å².